The van der Waals surface area contributed by atoms with Crippen LogP contribution in [0.25, 0.3) is 12.2 Å². The molecule has 0 radical (unpaired) electrons. The first-order valence-electron chi connectivity index (χ1n) is 12.7. The molecule has 4 heteroatoms. The number of hydrogen-bond donors (Lipinski definition) is 0. The molecule has 0 heterocycles. The summed E-state index contributed by atoms with van der Waals surface area (Å²) in [5.41, 5.74) is 6.84. The smallest absolute Gasteiger partial charge is 0.194 e. The highest BCUT2D eigenvalue weighted by molar-refractivity contribution is 6.28. The molecule has 1 aliphatic rings. The van der Waals surface area contributed by atoms with Gasteiger partial charge in [0.15, 0.2) is 11.6 Å². The summed E-state index contributed by atoms with van der Waals surface area (Å²) >= 11 is 0. The van der Waals surface area contributed by atoms with Crippen molar-refractivity contribution in [3.63, 3.8) is 0 Å². The van der Waals surface area contributed by atoms with Gasteiger partial charge in [0.25, 0.3) is 0 Å². The number of rotatable bonds is 6. The molecule has 1 aliphatic carbocycles. The first-order chi connectivity index (χ1) is 19.1. The number of ether oxygens (including phenoxy) is 1. The first kappa shape index (κ1) is 24.1. The Kier molecular flexibility index (Phi) is 6.36. The van der Waals surface area contributed by atoms with Gasteiger partial charge in [-0.05, 0) is 71.8 Å². The van der Waals surface area contributed by atoms with Crippen LogP contribution in [-0.2, 0) is 0 Å². The van der Waals surface area contributed by atoms with Crippen LogP contribution in [0.3, 0.4) is 0 Å². The van der Waals surface area contributed by atoms with Gasteiger partial charge >= 0.3 is 0 Å². The summed E-state index contributed by atoms with van der Waals surface area (Å²) in [4.78, 5) is 28.1. The minimum absolute atomic E-state index is 0.105. The maximum Gasteiger partial charge on any atom is 0.194 e. The van der Waals surface area contributed by atoms with Crippen molar-refractivity contribution in [1.82, 2.24) is 0 Å². The highest BCUT2D eigenvalue weighted by atomic mass is 16.5. The van der Waals surface area contributed by atoms with Gasteiger partial charge in [-0.2, -0.15) is 0 Å². The number of anilines is 3. The van der Waals surface area contributed by atoms with Crippen LogP contribution >= 0.6 is 0 Å². The Balaban J connectivity index is 1.27. The van der Waals surface area contributed by atoms with Crippen molar-refractivity contribution < 1.29 is 14.3 Å². The highest BCUT2D eigenvalue weighted by Gasteiger charge is 2.29. The molecule has 5 aromatic carbocycles. The second-order valence-electron chi connectivity index (χ2n) is 9.30. The standard InChI is InChI=1S/C35H25NO3/c1-39-29-20-18-28(19-21-29)36(26-7-3-2-4-8-26)27-16-13-24(14-17-27)11-12-25-15-22-32-33(23-25)35(38)31-10-6-5-9-30(31)34(32)37/h2-23H,1H3/b12-11+. The lowest BCUT2D eigenvalue weighted by Gasteiger charge is -2.25. The van der Waals surface area contributed by atoms with E-state index >= 15 is 0 Å². The Hall–Kier alpha value is -5.22. The van der Waals surface area contributed by atoms with Gasteiger partial charge in [-0.25, -0.2) is 0 Å². The molecule has 0 aromatic heterocycles. The maximum absolute atomic E-state index is 13.1. The molecule has 0 aliphatic heterocycles. The van der Waals surface area contributed by atoms with Gasteiger partial charge in [0.05, 0.1) is 7.11 Å². The van der Waals surface area contributed by atoms with Crippen LogP contribution in [0.1, 0.15) is 43.0 Å². The summed E-state index contributed by atoms with van der Waals surface area (Å²) < 4.78 is 5.34. The zero-order valence-electron chi connectivity index (χ0n) is 21.4. The molecule has 4 nitrogen and oxygen atoms in total. The van der Waals surface area contributed by atoms with E-state index in [0.29, 0.717) is 22.3 Å². The molecule has 0 N–H and O–H groups in total. The number of methoxy groups -OCH3 is 1. The second-order valence-corrected chi connectivity index (χ2v) is 9.30. The third kappa shape index (κ3) is 4.64. The van der Waals surface area contributed by atoms with Crippen LogP contribution in [0.15, 0.2) is 121 Å². The van der Waals surface area contributed by atoms with Crippen molar-refractivity contribution in [2.45, 2.75) is 0 Å². The molecule has 188 valence electrons. The van der Waals surface area contributed by atoms with E-state index in [-0.39, 0.29) is 11.6 Å². The molecule has 0 saturated heterocycles. The third-order valence-corrected chi connectivity index (χ3v) is 6.91. The van der Waals surface area contributed by atoms with Crippen LogP contribution in [0.4, 0.5) is 17.1 Å². The zero-order valence-corrected chi connectivity index (χ0v) is 21.4. The van der Waals surface area contributed by atoms with Crippen LogP contribution in [0.5, 0.6) is 5.75 Å². The van der Waals surface area contributed by atoms with Crippen molar-refractivity contribution in [2.75, 3.05) is 12.0 Å². The fourth-order valence-electron chi connectivity index (χ4n) is 4.90. The molecule has 0 amide bonds. The molecular formula is C35H25NO3. The SMILES string of the molecule is COc1ccc(N(c2ccccc2)c2ccc(/C=C/c3ccc4c(c3)C(=O)c3ccccc3C4=O)cc2)cc1. The van der Waals surface area contributed by atoms with Crippen molar-refractivity contribution in [3.05, 3.63) is 155 Å². The van der Waals surface area contributed by atoms with E-state index in [2.05, 4.69) is 41.3 Å². The lowest BCUT2D eigenvalue weighted by Crippen LogP contribution is -2.20. The Morgan fingerprint density at radius 2 is 1.00 bits per heavy atom. The van der Waals surface area contributed by atoms with Crippen LogP contribution in [0, 0.1) is 0 Å². The van der Waals surface area contributed by atoms with E-state index in [0.717, 1.165) is 33.9 Å². The number of para-hydroxylation sites is 1. The monoisotopic (exact) mass is 507 g/mol. The normalized spacial score (nSPS) is 12.2. The number of ketones is 2. The van der Waals surface area contributed by atoms with Crippen molar-refractivity contribution in [3.8, 4) is 5.75 Å². The molecule has 0 fully saturated rings. The average Bonchev–Trinajstić information content (AvgIpc) is 3.00. The molecule has 0 bridgehead atoms. The molecule has 6 rings (SSSR count). The fourth-order valence-corrected chi connectivity index (χ4v) is 4.90. The molecular weight excluding hydrogens is 482 g/mol. The summed E-state index contributed by atoms with van der Waals surface area (Å²) in [6.07, 6.45) is 3.97. The van der Waals surface area contributed by atoms with Crippen molar-refractivity contribution in [1.29, 1.82) is 0 Å². The molecule has 0 spiro atoms. The Bertz CT molecular complexity index is 1700. The predicted octanol–water partition coefficient (Wildman–Crippen LogP) is 8.11. The van der Waals surface area contributed by atoms with Crippen LogP contribution < -0.4 is 9.64 Å². The van der Waals surface area contributed by atoms with Gasteiger partial charge < -0.3 is 9.64 Å². The van der Waals surface area contributed by atoms with Crippen molar-refractivity contribution in [2.24, 2.45) is 0 Å². The maximum atomic E-state index is 13.1. The van der Waals surface area contributed by atoms with Gasteiger partial charge in [-0.15, -0.1) is 0 Å². The summed E-state index contributed by atoms with van der Waals surface area (Å²) in [6, 6.07) is 39.0. The van der Waals surface area contributed by atoms with Gasteiger partial charge in [-0.1, -0.05) is 72.8 Å². The summed E-state index contributed by atoms with van der Waals surface area (Å²) in [6.45, 7) is 0. The van der Waals surface area contributed by atoms with E-state index in [9.17, 15) is 9.59 Å². The van der Waals surface area contributed by atoms with E-state index in [1.54, 1.807) is 43.5 Å². The van der Waals surface area contributed by atoms with E-state index in [1.807, 2.05) is 60.7 Å². The highest BCUT2D eigenvalue weighted by Crippen LogP contribution is 2.35. The Labute approximate surface area is 227 Å². The zero-order chi connectivity index (χ0) is 26.8. The minimum Gasteiger partial charge on any atom is -0.497 e. The van der Waals surface area contributed by atoms with E-state index in [4.69, 9.17) is 4.74 Å². The molecule has 0 saturated carbocycles. The molecule has 0 unspecified atom stereocenters. The van der Waals surface area contributed by atoms with Gasteiger partial charge in [0.1, 0.15) is 5.75 Å². The van der Waals surface area contributed by atoms with Crippen LogP contribution in [0.2, 0.25) is 0 Å². The first-order valence-corrected chi connectivity index (χ1v) is 12.7. The number of carbonyl (C=O) groups excluding carboxylic acids is 2. The average molecular weight is 508 g/mol. The van der Waals surface area contributed by atoms with E-state index in [1.165, 1.54) is 0 Å². The van der Waals surface area contributed by atoms with Gasteiger partial charge in [0.2, 0.25) is 0 Å². The third-order valence-electron chi connectivity index (χ3n) is 6.91. The quantitative estimate of drug-likeness (QED) is 0.214. The van der Waals surface area contributed by atoms with E-state index < -0.39 is 0 Å². The summed E-state index contributed by atoms with van der Waals surface area (Å²) in [7, 11) is 1.66. The lowest BCUT2D eigenvalue weighted by atomic mass is 9.83. The summed E-state index contributed by atoms with van der Waals surface area (Å²) in [5, 5.41) is 0. The molecule has 39 heavy (non-hydrogen) atoms. The van der Waals surface area contributed by atoms with Gasteiger partial charge in [-0.3, -0.25) is 9.59 Å². The molecule has 5 aromatic rings. The minimum atomic E-state index is -0.112. The number of benzene rings is 5. The fraction of sp³-hybridized carbons (Fsp3) is 0.0286. The Morgan fingerprint density at radius 3 is 1.64 bits per heavy atom. The number of hydrogen-bond acceptors (Lipinski definition) is 4. The number of fused-ring (bicyclic) bond motifs is 2. The largest absolute Gasteiger partial charge is 0.497 e. The topological polar surface area (TPSA) is 46.6 Å². The van der Waals surface area contributed by atoms with Gasteiger partial charge in [0, 0.05) is 39.3 Å². The number of nitrogens with zero attached hydrogens (tertiary/aromatic N) is 1. The number of carbonyl (C=O) groups is 2. The predicted molar refractivity (Wildman–Crippen MR) is 156 cm³/mol. The Morgan fingerprint density at radius 1 is 0.513 bits per heavy atom. The van der Waals surface area contributed by atoms with Crippen molar-refractivity contribution >= 4 is 40.8 Å². The molecule has 0 atom stereocenters. The lowest BCUT2D eigenvalue weighted by molar-refractivity contribution is 0.0979. The summed E-state index contributed by atoms with van der Waals surface area (Å²) in [5.74, 6) is 0.593. The van der Waals surface area contributed by atoms with Crippen LogP contribution in [-0.4, -0.2) is 18.7 Å². The second kappa shape index (κ2) is 10.3.